The Balaban J connectivity index is -0.000000152. The van der Waals surface area contributed by atoms with E-state index < -0.39 is 0 Å². The van der Waals surface area contributed by atoms with Gasteiger partial charge in [-0.15, -0.1) is 6.58 Å². The van der Waals surface area contributed by atoms with Crippen LogP contribution in [0.15, 0.2) is 37.0 Å². The summed E-state index contributed by atoms with van der Waals surface area (Å²) in [7, 11) is 0. The molecule has 0 unspecified atom stereocenters. The molecular weight excluding hydrogens is 336 g/mol. The molecule has 28 heavy (non-hydrogen) atoms. The minimum absolute atomic E-state index is 1.18. The van der Waals surface area contributed by atoms with E-state index in [2.05, 4.69) is 65.5 Å². The number of rotatable bonds is 15. The quantitative estimate of drug-likeness (QED) is 0.191. The molecule has 0 aliphatic heterocycles. The van der Waals surface area contributed by atoms with Crippen LogP contribution in [0.3, 0.4) is 0 Å². The van der Waals surface area contributed by atoms with Crippen LogP contribution >= 0.6 is 0 Å². The summed E-state index contributed by atoms with van der Waals surface area (Å²) in [5, 5.41) is 0. The predicted octanol–water partition coefficient (Wildman–Crippen LogP) is 11.2. The van der Waals surface area contributed by atoms with Gasteiger partial charge in [0.1, 0.15) is 0 Å². The fourth-order valence-electron chi connectivity index (χ4n) is 2.11. The Kier molecular flexibility index (Phi) is 56.0. The van der Waals surface area contributed by atoms with Gasteiger partial charge in [-0.25, -0.2) is 0 Å². The fraction of sp³-hybridized carbons (Fsp3) is 0.786. The summed E-state index contributed by atoms with van der Waals surface area (Å²) in [6.07, 6.45) is 30.8. The van der Waals surface area contributed by atoms with Crippen molar-refractivity contribution in [1.82, 2.24) is 0 Å². The summed E-state index contributed by atoms with van der Waals surface area (Å²) in [6.45, 7) is 18.7. The molecule has 0 aromatic carbocycles. The van der Waals surface area contributed by atoms with E-state index in [1.165, 1.54) is 96.3 Å². The molecule has 0 bridgehead atoms. The Labute approximate surface area is 182 Å². The van der Waals surface area contributed by atoms with Gasteiger partial charge in [0, 0.05) is 0 Å². The number of allylic oxidation sites excluding steroid dienone is 5. The van der Waals surface area contributed by atoms with Crippen LogP contribution in [-0.2, 0) is 0 Å². The zero-order chi connectivity index (χ0) is 22.1. The smallest absolute Gasteiger partial charge is 0.0351 e. The summed E-state index contributed by atoms with van der Waals surface area (Å²) >= 11 is 0. The first-order chi connectivity index (χ1) is 13.7. The molecule has 0 saturated heterocycles. The Hall–Kier alpha value is -0.780. The molecular formula is C28H58. The van der Waals surface area contributed by atoms with Gasteiger partial charge in [-0.3, -0.25) is 0 Å². The van der Waals surface area contributed by atoms with Crippen LogP contribution in [0.5, 0.6) is 0 Å². The zero-order valence-electron chi connectivity index (χ0n) is 21.2. The van der Waals surface area contributed by atoms with Gasteiger partial charge in [-0.2, -0.15) is 0 Å². The summed E-state index contributed by atoms with van der Waals surface area (Å²) in [6, 6.07) is 0. The normalized spacial score (nSPS) is 9.82. The summed E-state index contributed by atoms with van der Waals surface area (Å²) in [5.74, 6) is 0. The van der Waals surface area contributed by atoms with Crippen molar-refractivity contribution in [3.63, 3.8) is 0 Å². The van der Waals surface area contributed by atoms with Crippen LogP contribution in [0.1, 0.15) is 145 Å². The van der Waals surface area contributed by atoms with Gasteiger partial charge in [-0.1, -0.05) is 143 Å². The van der Waals surface area contributed by atoms with Crippen LogP contribution in [0, 0.1) is 0 Å². The van der Waals surface area contributed by atoms with E-state index in [9.17, 15) is 0 Å². The highest BCUT2D eigenvalue weighted by molar-refractivity contribution is 4.81. The maximum atomic E-state index is 3.60. The van der Waals surface area contributed by atoms with Crippen LogP contribution in [0.4, 0.5) is 0 Å². The molecule has 0 heterocycles. The molecule has 0 aliphatic carbocycles. The summed E-state index contributed by atoms with van der Waals surface area (Å²) in [5.41, 5.74) is 0. The summed E-state index contributed by atoms with van der Waals surface area (Å²) < 4.78 is 0. The van der Waals surface area contributed by atoms with E-state index in [1.54, 1.807) is 0 Å². The van der Waals surface area contributed by atoms with Gasteiger partial charge in [0.15, 0.2) is 0 Å². The lowest BCUT2D eigenvalue weighted by atomic mass is 10.2. The van der Waals surface area contributed by atoms with Crippen LogP contribution in [0.2, 0.25) is 0 Å². The second-order valence-corrected chi connectivity index (χ2v) is 6.94. The zero-order valence-corrected chi connectivity index (χ0v) is 21.2. The number of unbranched alkanes of at least 4 members (excludes halogenated alkanes) is 10. The van der Waals surface area contributed by atoms with Gasteiger partial charge >= 0.3 is 0 Å². The predicted molar refractivity (Wildman–Crippen MR) is 137 cm³/mol. The molecule has 0 aliphatic rings. The lowest BCUT2D eigenvalue weighted by Crippen LogP contribution is -1.69. The highest BCUT2D eigenvalue weighted by Crippen LogP contribution is 2.00. The molecule has 0 amide bonds. The van der Waals surface area contributed by atoms with Crippen LogP contribution < -0.4 is 0 Å². The van der Waals surface area contributed by atoms with Gasteiger partial charge in [-0.05, 0) is 32.1 Å². The fourth-order valence-corrected chi connectivity index (χ4v) is 2.11. The highest BCUT2D eigenvalue weighted by Gasteiger charge is 1.79. The van der Waals surface area contributed by atoms with Crippen molar-refractivity contribution in [3.05, 3.63) is 37.0 Å². The van der Waals surface area contributed by atoms with E-state index in [1.807, 2.05) is 19.9 Å². The number of hydrogen-bond acceptors (Lipinski definition) is 0. The van der Waals surface area contributed by atoms with Crippen molar-refractivity contribution in [2.75, 3.05) is 0 Å². The Bertz CT molecular complexity index is 217. The van der Waals surface area contributed by atoms with Crippen molar-refractivity contribution in [2.45, 2.75) is 145 Å². The van der Waals surface area contributed by atoms with Gasteiger partial charge in [0.2, 0.25) is 0 Å². The second kappa shape index (κ2) is 45.1. The monoisotopic (exact) mass is 394 g/mol. The maximum absolute atomic E-state index is 3.60. The Morgan fingerprint density at radius 2 is 0.643 bits per heavy atom. The maximum Gasteiger partial charge on any atom is -0.0351 e. The molecule has 0 saturated carbocycles. The molecule has 0 nitrogen and oxygen atoms in total. The van der Waals surface area contributed by atoms with Crippen molar-refractivity contribution in [2.24, 2.45) is 0 Å². The standard InChI is InChI=1S/2C10H20.C6H12.C2H6/c2*1-3-5-7-9-10-8-6-4-2;1-3-5-6-4-2;1-2/h2*9-10H,3-8H2,1-2H3;3H,1,4-6H2,2H3;1-2H3/b10-9+;10-9-;;. The summed E-state index contributed by atoms with van der Waals surface area (Å²) in [4.78, 5) is 0. The number of hydrogen-bond donors (Lipinski definition) is 0. The van der Waals surface area contributed by atoms with E-state index in [4.69, 9.17) is 0 Å². The van der Waals surface area contributed by atoms with Crippen molar-refractivity contribution >= 4 is 0 Å². The minimum atomic E-state index is 1.18. The topological polar surface area (TPSA) is 0 Å². The lowest BCUT2D eigenvalue weighted by molar-refractivity contribution is 0.793. The average molecular weight is 395 g/mol. The molecule has 0 aromatic rings. The third-order valence-electron chi connectivity index (χ3n) is 3.99. The third kappa shape index (κ3) is 56.2. The van der Waals surface area contributed by atoms with Crippen LogP contribution in [0.25, 0.3) is 0 Å². The van der Waals surface area contributed by atoms with Crippen molar-refractivity contribution in [3.8, 4) is 0 Å². The molecule has 0 heteroatoms. The Morgan fingerprint density at radius 3 is 0.786 bits per heavy atom. The molecule has 0 radical (unpaired) electrons. The molecule has 0 atom stereocenters. The second-order valence-electron chi connectivity index (χ2n) is 6.94. The minimum Gasteiger partial charge on any atom is -0.103 e. The molecule has 0 fully saturated rings. The first-order valence-corrected chi connectivity index (χ1v) is 12.7. The SMILES string of the molecule is C=CCCCC.CC.CCCC/C=C/CCCC.CCCC/C=C\CCCC. The van der Waals surface area contributed by atoms with Crippen molar-refractivity contribution in [1.29, 1.82) is 0 Å². The average Bonchev–Trinajstić information content (AvgIpc) is 2.74. The van der Waals surface area contributed by atoms with E-state index in [0.717, 1.165) is 0 Å². The first kappa shape index (κ1) is 34.7. The van der Waals surface area contributed by atoms with Gasteiger partial charge < -0.3 is 0 Å². The van der Waals surface area contributed by atoms with E-state index in [0.29, 0.717) is 0 Å². The van der Waals surface area contributed by atoms with E-state index >= 15 is 0 Å². The van der Waals surface area contributed by atoms with Crippen LogP contribution in [-0.4, -0.2) is 0 Å². The largest absolute Gasteiger partial charge is 0.103 e. The Morgan fingerprint density at radius 1 is 0.429 bits per heavy atom. The molecule has 170 valence electrons. The third-order valence-corrected chi connectivity index (χ3v) is 3.99. The highest BCUT2D eigenvalue weighted by atomic mass is 13.9. The molecule has 0 rings (SSSR count). The molecule has 0 spiro atoms. The molecule has 0 aromatic heterocycles. The van der Waals surface area contributed by atoms with E-state index in [-0.39, 0.29) is 0 Å². The van der Waals surface area contributed by atoms with Gasteiger partial charge in [0.05, 0.1) is 0 Å². The lowest BCUT2D eigenvalue weighted by Gasteiger charge is -1.89. The molecule has 0 N–H and O–H groups in total. The first-order valence-electron chi connectivity index (χ1n) is 12.7. The van der Waals surface area contributed by atoms with Gasteiger partial charge in [0.25, 0.3) is 0 Å². The van der Waals surface area contributed by atoms with Crippen molar-refractivity contribution < 1.29 is 0 Å².